The molecule has 1 saturated heterocycles. The summed E-state index contributed by atoms with van der Waals surface area (Å²) in [5.74, 6) is -0.331. The first-order valence-corrected chi connectivity index (χ1v) is 10.9. The average molecular weight is 402 g/mol. The summed E-state index contributed by atoms with van der Waals surface area (Å²) in [6, 6.07) is 18.5. The fourth-order valence-electron chi connectivity index (χ4n) is 5.78. The van der Waals surface area contributed by atoms with Crippen LogP contribution in [-0.4, -0.2) is 28.7 Å². The summed E-state index contributed by atoms with van der Waals surface area (Å²) >= 11 is 0. The number of nitrogens with zero attached hydrogens (tertiary/aromatic N) is 1. The molecule has 5 heteroatoms. The first-order chi connectivity index (χ1) is 14.6. The SMILES string of the molecule is O=C(NCc1ccccc1)[C@H](Cc1ccccc1)N1C(=O)[C@@H]2[C@@H]3CC[C@H](C3)[C@@H]2C1=O. The zero-order valence-electron chi connectivity index (χ0n) is 16.9. The molecule has 0 unspecified atom stereocenters. The first-order valence-electron chi connectivity index (χ1n) is 10.9. The molecule has 2 bridgehead atoms. The second-order valence-electron chi connectivity index (χ2n) is 8.84. The molecule has 0 radical (unpaired) electrons. The Morgan fingerprint density at radius 3 is 1.97 bits per heavy atom. The van der Waals surface area contributed by atoms with Crippen LogP contribution in [0.3, 0.4) is 0 Å². The highest BCUT2D eigenvalue weighted by atomic mass is 16.2. The quantitative estimate of drug-likeness (QED) is 0.756. The molecular weight excluding hydrogens is 376 g/mol. The lowest BCUT2D eigenvalue weighted by atomic mass is 9.81. The number of likely N-dealkylation sites (tertiary alicyclic amines) is 1. The second-order valence-corrected chi connectivity index (χ2v) is 8.84. The minimum absolute atomic E-state index is 0.131. The number of nitrogens with one attached hydrogen (secondary N) is 1. The van der Waals surface area contributed by atoms with Gasteiger partial charge in [0, 0.05) is 13.0 Å². The highest BCUT2D eigenvalue weighted by Gasteiger charge is 2.62. The molecule has 1 N–H and O–H groups in total. The summed E-state index contributed by atoms with van der Waals surface area (Å²) in [4.78, 5) is 41.2. The number of fused-ring (bicyclic) bond motifs is 5. The maximum absolute atomic E-state index is 13.3. The molecule has 5 atom stereocenters. The van der Waals surface area contributed by atoms with Crippen LogP contribution in [0.4, 0.5) is 0 Å². The van der Waals surface area contributed by atoms with Gasteiger partial charge in [-0.3, -0.25) is 19.3 Å². The van der Waals surface area contributed by atoms with Gasteiger partial charge in [0.2, 0.25) is 17.7 Å². The Morgan fingerprint density at radius 2 is 1.40 bits per heavy atom. The normalized spacial score (nSPS) is 27.9. The smallest absolute Gasteiger partial charge is 0.243 e. The van der Waals surface area contributed by atoms with E-state index < -0.39 is 6.04 Å². The molecule has 2 saturated carbocycles. The van der Waals surface area contributed by atoms with Gasteiger partial charge in [-0.25, -0.2) is 0 Å². The van der Waals surface area contributed by atoms with Crippen molar-refractivity contribution in [2.45, 2.75) is 38.3 Å². The van der Waals surface area contributed by atoms with E-state index in [1.165, 1.54) is 4.90 Å². The molecule has 3 amide bonds. The highest BCUT2D eigenvalue weighted by Crippen LogP contribution is 2.56. The van der Waals surface area contributed by atoms with Crippen LogP contribution >= 0.6 is 0 Å². The summed E-state index contributed by atoms with van der Waals surface area (Å²) < 4.78 is 0. The van der Waals surface area contributed by atoms with Gasteiger partial charge in [0.15, 0.2) is 0 Å². The minimum atomic E-state index is -0.805. The number of hydrogen-bond acceptors (Lipinski definition) is 3. The predicted octanol–water partition coefficient (Wildman–Crippen LogP) is 2.95. The maximum atomic E-state index is 13.3. The van der Waals surface area contributed by atoms with E-state index in [-0.39, 0.29) is 29.6 Å². The van der Waals surface area contributed by atoms with Crippen molar-refractivity contribution in [1.29, 1.82) is 0 Å². The zero-order chi connectivity index (χ0) is 20.7. The molecule has 2 aliphatic carbocycles. The first kappa shape index (κ1) is 19.0. The molecule has 1 heterocycles. The predicted molar refractivity (Wildman–Crippen MR) is 112 cm³/mol. The number of carbonyl (C=O) groups is 3. The van der Waals surface area contributed by atoms with E-state index in [0.29, 0.717) is 24.8 Å². The summed E-state index contributed by atoms with van der Waals surface area (Å²) in [6.45, 7) is 0.374. The van der Waals surface area contributed by atoms with Crippen LogP contribution in [-0.2, 0) is 27.3 Å². The summed E-state index contributed by atoms with van der Waals surface area (Å²) in [6.07, 6.45) is 3.39. The van der Waals surface area contributed by atoms with Crippen molar-refractivity contribution in [2.75, 3.05) is 0 Å². The Balaban J connectivity index is 1.40. The van der Waals surface area contributed by atoms with Crippen molar-refractivity contribution in [3.05, 3.63) is 71.8 Å². The molecule has 0 spiro atoms. The summed E-state index contributed by atoms with van der Waals surface area (Å²) in [5.41, 5.74) is 1.93. The second kappa shape index (κ2) is 7.71. The molecule has 5 rings (SSSR count). The van der Waals surface area contributed by atoms with E-state index in [2.05, 4.69) is 5.32 Å². The molecule has 1 aliphatic heterocycles. The fourth-order valence-corrected chi connectivity index (χ4v) is 5.78. The van der Waals surface area contributed by atoms with Crippen molar-refractivity contribution < 1.29 is 14.4 Å². The Morgan fingerprint density at radius 1 is 0.867 bits per heavy atom. The summed E-state index contributed by atoms with van der Waals surface area (Å²) in [7, 11) is 0. The maximum Gasteiger partial charge on any atom is 0.243 e. The molecule has 2 aromatic carbocycles. The molecule has 154 valence electrons. The van der Waals surface area contributed by atoms with Gasteiger partial charge >= 0.3 is 0 Å². The number of hydrogen-bond donors (Lipinski definition) is 1. The van der Waals surface area contributed by atoms with Crippen LogP contribution in [0.5, 0.6) is 0 Å². The van der Waals surface area contributed by atoms with Crippen molar-refractivity contribution in [3.8, 4) is 0 Å². The van der Waals surface area contributed by atoms with Gasteiger partial charge in [0.05, 0.1) is 11.8 Å². The van der Waals surface area contributed by atoms with E-state index >= 15 is 0 Å². The fraction of sp³-hybridized carbons (Fsp3) is 0.400. The van der Waals surface area contributed by atoms with E-state index in [1.807, 2.05) is 60.7 Å². The lowest BCUT2D eigenvalue weighted by Gasteiger charge is -2.27. The molecule has 30 heavy (non-hydrogen) atoms. The largest absolute Gasteiger partial charge is 0.350 e. The van der Waals surface area contributed by atoms with E-state index in [4.69, 9.17) is 0 Å². The van der Waals surface area contributed by atoms with Crippen molar-refractivity contribution in [1.82, 2.24) is 10.2 Å². The number of benzene rings is 2. The number of imide groups is 1. The highest BCUT2D eigenvalue weighted by molar-refractivity contribution is 6.09. The Kier molecular flexibility index (Phi) is 4.89. The van der Waals surface area contributed by atoms with E-state index in [9.17, 15) is 14.4 Å². The molecule has 3 aliphatic rings. The average Bonchev–Trinajstić information content (AvgIpc) is 3.46. The van der Waals surface area contributed by atoms with Crippen molar-refractivity contribution in [3.63, 3.8) is 0 Å². The lowest BCUT2D eigenvalue weighted by molar-refractivity contribution is -0.148. The molecule has 0 aromatic heterocycles. The third-order valence-electron chi connectivity index (χ3n) is 7.16. The minimum Gasteiger partial charge on any atom is -0.350 e. The van der Waals surface area contributed by atoms with Gasteiger partial charge in [-0.05, 0) is 42.2 Å². The van der Waals surface area contributed by atoms with E-state index in [1.54, 1.807) is 0 Å². The monoisotopic (exact) mass is 402 g/mol. The topological polar surface area (TPSA) is 66.5 Å². The number of amides is 3. The standard InChI is InChI=1S/C25H26N2O3/c28-23(26-15-17-9-5-2-6-10-17)20(13-16-7-3-1-4-8-16)27-24(29)21-18-11-12-19(14-18)22(21)25(27)30/h1-10,18-22H,11-15H2,(H,26,28)/t18-,19-,20+,21-,22+/m1/s1. The molecule has 3 fully saturated rings. The third kappa shape index (κ3) is 3.22. The van der Waals surface area contributed by atoms with Crippen molar-refractivity contribution >= 4 is 17.7 Å². The van der Waals surface area contributed by atoms with Gasteiger partial charge < -0.3 is 5.32 Å². The van der Waals surface area contributed by atoms with Crippen LogP contribution in [0.15, 0.2) is 60.7 Å². The number of carbonyl (C=O) groups excluding carboxylic acids is 3. The Bertz CT molecular complexity index is 931. The van der Waals surface area contributed by atoms with Gasteiger partial charge in [-0.1, -0.05) is 60.7 Å². The van der Waals surface area contributed by atoms with Gasteiger partial charge in [-0.2, -0.15) is 0 Å². The van der Waals surface area contributed by atoms with Crippen molar-refractivity contribution in [2.24, 2.45) is 23.7 Å². The van der Waals surface area contributed by atoms with Crippen LogP contribution in [0.25, 0.3) is 0 Å². The lowest BCUT2D eigenvalue weighted by Crippen LogP contribution is -2.51. The van der Waals surface area contributed by atoms with Crippen LogP contribution in [0, 0.1) is 23.7 Å². The van der Waals surface area contributed by atoms with Crippen LogP contribution in [0.1, 0.15) is 30.4 Å². The van der Waals surface area contributed by atoms with Gasteiger partial charge in [0.1, 0.15) is 6.04 Å². The zero-order valence-corrected chi connectivity index (χ0v) is 16.9. The van der Waals surface area contributed by atoms with Gasteiger partial charge in [0.25, 0.3) is 0 Å². The third-order valence-corrected chi connectivity index (χ3v) is 7.16. The summed E-state index contributed by atoms with van der Waals surface area (Å²) in [5, 5.41) is 2.96. The van der Waals surface area contributed by atoms with Crippen LogP contribution < -0.4 is 5.32 Å². The van der Waals surface area contributed by atoms with Gasteiger partial charge in [-0.15, -0.1) is 0 Å². The Hall–Kier alpha value is -2.95. The van der Waals surface area contributed by atoms with Crippen LogP contribution in [0.2, 0.25) is 0 Å². The number of rotatable bonds is 6. The molecular formula is C25H26N2O3. The molecule has 2 aromatic rings. The van der Waals surface area contributed by atoms with E-state index in [0.717, 1.165) is 30.4 Å². The molecule has 5 nitrogen and oxygen atoms in total. The Labute approximate surface area is 176 Å².